The number of carbonyl (C=O) groups excluding carboxylic acids is 1. The van der Waals surface area contributed by atoms with E-state index in [0.29, 0.717) is 6.73 Å². The van der Waals surface area contributed by atoms with E-state index in [0.717, 1.165) is 0 Å². The van der Waals surface area contributed by atoms with Crippen molar-refractivity contribution in [2.45, 2.75) is 19.4 Å². The summed E-state index contributed by atoms with van der Waals surface area (Å²) in [6.45, 7) is 4.12. The van der Waals surface area contributed by atoms with E-state index in [-0.39, 0.29) is 5.97 Å². The van der Waals surface area contributed by atoms with Crippen molar-refractivity contribution in [2.75, 3.05) is 13.8 Å². The zero-order valence-electron chi connectivity index (χ0n) is 5.97. The average molecular weight is 129 g/mol. The maximum absolute atomic E-state index is 10.8. The van der Waals surface area contributed by atoms with Crippen LogP contribution in [0.4, 0.5) is 0 Å². The van der Waals surface area contributed by atoms with Crippen LogP contribution < -0.4 is 0 Å². The van der Waals surface area contributed by atoms with Crippen LogP contribution in [0.5, 0.6) is 0 Å². The molecule has 1 heterocycles. The van der Waals surface area contributed by atoms with Gasteiger partial charge in [0.1, 0.15) is 12.3 Å². The van der Waals surface area contributed by atoms with E-state index in [9.17, 15) is 4.79 Å². The van der Waals surface area contributed by atoms with Crippen LogP contribution in [0, 0.1) is 0 Å². The van der Waals surface area contributed by atoms with Gasteiger partial charge in [-0.05, 0) is 20.9 Å². The molecule has 0 atom stereocenters. The van der Waals surface area contributed by atoms with Crippen LogP contribution in [-0.2, 0) is 9.53 Å². The molecule has 1 saturated heterocycles. The van der Waals surface area contributed by atoms with E-state index >= 15 is 0 Å². The summed E-state index contributed by atoms with van der Waals surface area (Å²) in [7, 11) is 1.87. The molecule has 0 aliphatic carbocycles. The molecule has 0 amide bonds. The third-order valence-electron chi connectivity index (χ3n) is 1.84. The molecular formula is C6H11NO2. The highest BCUT2D eigenvalue weighted by Crippen LogP contribution is 2.19. The average Bonchev–Trinajstić information content (AvgIpc) is 1.96. The van der Waals surface area contributed by atoms with Crippen LogP contribution in [0.15, 0.2) is 0 Å². The molecule has 0 radical (unpaired) electrons. The summed E-state index contributed by atoms with van der Waals surface area (Å²) in [5.41, 5.74) is -0.417. The van der Waals surface area contributed by atoms with Gasteiger partial charge in [0.2, 0.25) is 0 Å². The third kappa shape index (κ3) is 0.812. The van der Waals surface area contributed by atoms with Gasteiger partial charge in [-0.25, -0.2) is 0 Å². The molecule has 1 aliphatic rings. The summed E-state index contributed by atoms with van der Waals surface area (Å²) < 4.78 is 4.77. The minimum atomic E-state index is -0.417. The molecule has 0 bridgehead atoms. The Labute approximate surface area is 54.6 Å². The minimum absolute atomic E-state index is 0.134. The maximum Gasteiger partial charge on any atom is 0.327 e. The SMILES string of the molecule is CN1COC(=O)C1(C)C. The predicted octanol–water partition coefficient (Wildman–Crippen LogP) is 0.211. The van der Waals surface area contributed by atoms with Gasteiger partial charge in [-0.2, -0.15) is 0 Å². The second-order valence-electron chi connectivity index (χ2n) is 2.82. The van der Waals surface area contributed by atoms with Crippen LogP contribution >= 0.6 is 0 Å². The van der Waals surface area contributed by atoms with Gasteiger partial charge in [0.05, 0.1) is 0 Å². The summed E-state index contributed by atoms with van der Waals surface area (Å²) >= 11 is 0. The number of hydrogen-bond acceptors (Lipinski definition) is 3. The summed E-state index contributed by atoms with van der Waals surface area (Å²) in [5.74, 6) is -0.134. The van der Waals surface area contributed by atoms with Crippen molar-refractivity contribution in [1.29, 1.82) is 0 Å². The molecule has 1 rings (SSSR count). The Morgan fingerprint density at radius 1 is 1.67 bits per heavy atom. The minimum Gasteiger partial charge on any atom is -0.448 e. The molecule has 0 saturated carbocycles. The van der Waals surface area contributed by atoms with Gasteiger partial charge < -0.3 is 4.74 Å². The molecule has 0 N–H and O–H groups in total. The smallest absolute Gasteiger partial charge is 0.327 e. The molecule has 1 aliphatic heterocycles. The highest BCUT2D eigenvalue weighted by Gasteiger charge is 2.39. The van der Waals surface area contributed by atoms with Crippen LogP contribution in [0.2, 0.25) is 0 Å². The Balaban J connectivity index is 2.78. The first-order chi connectivity index (χ1) is 4.05. The van der Waals surface area contributed by atoms with E-state index in [1.807, 2.05) is 25.8 Å². The van der Waals surface area contributed by atoms with Gasteiger partial charge >= 0.3 is 5.97 Å². The monoisotopic (exact) mass is 129 g/mol. The zero-order chi connectivity index (χ0) is 7.07. The summed E-state index contributed by atoms with van der Waals surface area (Å²) in [5, 5.41) is 0. The maximum atomic E-state index is 10.8. The fourth-order valence-electron chi connectivity index (χ4n) is 0.649. The molecule has 0 unspecified atom stereocenters. The first-order valence-corrected chi connectivity index (χ1v) is 2.93. The number of carbonyl (C=O) groups is 1. The molecule has 9 heavy (non-hydrogen) atoms. The van der Waals surface area contributed by atoms with Gasteiger partial charge in [0.25, 0.3) is 0 Å². The first kappa shape index (κ1) is 6.55. The summed E-state index contributed by atoms with van der Waals surface area (Å²) in [6, 6.07) is 0. The first-order valence-electron chi connectivity index (χ1n) is 2.93. The lowest BCUT2D eigenvalue weighted by atomic mass is 10.1. The lowest BCUT2D eigenvalue weighted by Gasteiger charge is -2.20. The number of rotatable bonds is 0. The third-order valence-corrected chi connectivity index (χ3v) is 1.84. The second-order valence-corrected chi connectivity index (χ2v) is 2.82. The molecule has 0 aromatic heterocycles. The molecule has 0 aromatic carbocycles. The van der Waals surface area contributed by atoms with Crippen LogP contribution in [0.3, 0.4) is 0 Å². The Hall–Kier alpha value is -0.570. The topological polar surface area (TPSA) is 29.5 Å². The Bertz CT molecular complexity index is 142. The van der Waals surface area contributed by atoms with Crippen LogP contribution in [0.1, 0.15) is 13.8 Å². The molecule has 3 heteroatoms. The van der Waals surface area contributed by atoms with Gasteiger partial charge in [-0.3, -0.25) is 9.69 Å². The van der Waals surface area contributed by atoms with Crippen LogP contribution in [-0.4, -0.2) is 30.2 Å². The number of cyclic esters (lactones) is 1. The van der Waals surface area contributed by atoms with Gasteiger partial charge in [0.15, 0.2) is 0 Å². The highest BCUT2D eigenvalue weighted by atomic mass is 16.6. The Morgan fingerprint density at radius 3 is 2.33 bits per heavy atom. The number of esters is 1. The van der Waals surface area contributed by atoms with E-state index in [4.69, 9.17) is 4.74 Å². The summed E-state index contributed by atoms with van der Waals surface area (Å²) in [4.78, 5) is 12.7. The quantitative estimate of drug-likeness (QED) is 0.438. The van der Waals surface area contributed by atoms with Crippen molar-refractivity contribution >= 4 is 5.97 Å². The van der Waals surface area contributed by atoms with Crippen molar-refractivity contribution in [2.24, 2.45) is 0 Å². The lowest BCUT2D eigenvalue weighted by Crippen LogP contribution is -2.39. The fraction of sp³-hybridized carbons (Fsp3) is 0.833. The highest BCUT2D eigenvalue weighted by molar-refractivity contribution is 5.81. The molecular weight excluding hydrogens is 118 g/mol. The largest absolute Gasteiger partial charge is 0.448 e. The lowest BCUT2D eigenvalue weighted by molar-refractivity contribution is -0.141. The fourth-order valence-corrected chi connectivity index (χ4v) is 0.649. The number of hydrogen-bond donors (Lipinski definition) is 0. The standard InChI is InChI=1S/C6H11NO2/c1-6(2)5(8)9-4-7(6)3/h4H2,1-3H3. The summed E-state index contributed by atoms with van der Waals surface area (Å²) in [6.07, 6.45) is 0. The van der Waals surface area contributed by atoms with Crippen molar-refractivity contribution in [3.8, 4) is 0 Å². The van der Waals surface area contributed by atoms with E-state index in [1.54, 1.807) is 0 Å². The van der Waals surface area contributed by atoms with E-state index in [2.05, 4.69) is 0 Å². The van der Waals surface area contributed by atoms with E-state index < -0.39 is 5.54 Å². The van der Waals surface area contributed by atoms with Crippen molar-refractivity contribution in [1.82, 2.24) is 4.90 Å². The van der Waals surface area contributed by atoms with Crippen molar-refractivity contribution < 1.29 is 9.53 Å². The van der Waals surface area contributed by atoms with Gasteiger partial charge in [-0.15, -0.1) is 0 Å². The Morgan fingerprint density at radius 2 is 2.22 bits per heavy atom. The molecule has 0 aromatic rings. The normalized spacial score (nSPS) is 26.3. The van der Waals surface area contributed by atoms with Crippen molar-refractivity contribution in [3.63, 3.8) is 0 Å². The number of ether oxygens (including phenoxy) is 1. The van der Waals surface area contributed by atoms with Gasteiger partial charge in [-0.1, -0.05) is 0 Å². The van der Waals surface area contributed by atoms with Gasteiger partial charge in [0, 0.05) is 0 Å². The van der Waals surface area contributed by atoms with Crippen LogP contribution in [0.25, 0.3) is 0 Å². The second kappa shape index (κ2) is 1.70. The van der Waals surface area contributed by atoms with Crippen molar-refractivity contribution in [3.05, 3.63) is 0 Å². The molecule has 3 nitrogen and oxygen atoms in total. The molecule has 1 fully saturated rings. The number of likely N-dealkylation sites (N-methyl/N-ethyl adjacent to an activating group) is 1. The molecule has 52 valence electrons. The molecule has 0 spiro atoms. The van der Waals surface area contributed by atoms with E-state index in [1.165, 1.54) is 0 Å². The Kier molecular flexibility index (Phi) is 1.24. The number of nitrogens with zero attached hydrogens (tertiary/aromatic N) is 1. The zero-order valence-corrected chi connectivity index (χ0v) is 5.97. The predicted molar refractivity (Wildman–Crippen MR) is 32.8 cm³/mol.